The summed E-state index contributed by atoms with van der Waals surface area (Å²) in [5.74, 6) is -0.818. The van der Waals surface area contributed by atoms with Crippen molar-refractivity contribution in [3.63, 3.8) is 0 Å². The molecule has 0 saturated heterocycles. The van der Waals surface area contributed by atoms with Crippen LogP contribution in [0.15, 0.2) is 6.07 Å². The number of rotatable bonds is 2. The number of nitrogens with one attached hydrogen (secondary N) is 2. The average molecular weight is 266 g/mol. The van der Waals surface area contributed by atoms with Gasteiger partial charge in [-0.05, 0) is 19.3 Å². The van der Waals surface area contributed by atoms with Crippen molar-refractivity contribution in [3.05, 3.63) is 11.8 Å². The number of carbonyl (C=O) groups excluding carboxylic acids is 2. The Bertz CT molecular complexity index is 485. The van der Waals surface area contributed by atoms with Crippen LogP contribution in [0.25, 0.3) is 0 Å². The minimum Gasteiger partial charge on any atom is -0.345 e. The molecule has 0 spiro atoms. The van der Waals surface area contributed by atoms with E-state index in [1.807, 2.05) is 34.6 Å². The molecule has 1 aromatic heterocycles. The third kappa shape index (κ3) is 4.08. The van der Waals surface area contributed by atoms with Gasteiger partial charge in [-0.2, -0.15) is 5.10 Å². The normalized spacial score (nSPS) is 12.9. The first-order valence-corrected chi connectivity index (χ1v) is 6.23. The smallest absolute Gasteiger partial charge is 0.314 e. The lowest BCUT2D eigenvalue weighted by atomic mass is 9.88. The minimum atomic E-state index is -0.681. The SMILES string of the molecule is Cc1cc(NC(=O)C(=O)N[C@H](C)C(C)(C)C)n(C)n1. The molecule has 1 rings (SSSR count). The van der Waals surface area contributed by atoms with E-state index in [1.165, 1.54) is 4.68 Å². The zero-order valence-corrected chi connectivity index (χ0v) is 12.4. The predicted molar refractivity (Wildman–Crippen MR) is 73.6 cm³/mol. The van der Waals surface area contributed by atoms with E-state index in [2.05, 4.69) is 15.7 Å². The topological polar surface area (TPSA) is 76.0 Å². The fourth-order valence-electron chi connectivity index (χ4n) is 1.38. The van der Waals surface area contributed by atoms with Crippen LogP contribution in [0.1, 0.15) is 33.4 Å². The van der Waals surface area contributed by atoms with Gasteiger partial charge in [-0.25, -0.2) is 0 Å². The highest BCUT2D eigenvalue weighted by molar-refractivity contribution is 6.39. The molecular formula is C13H22N4O2. The Kier molecular flexibility index (Phi) is 4.34. The number of aryl methyl sites for hydroxylation is 2. The van der Waals surface area contributed by atoms with E-state index < -0.39 is 11.8 Å². The summed E-state index contributed by atoms with van der Waals surface area (Å²) in [5.41, 5.74) is 0.681. The molecule has 0 radical (unpaired) electrons. The Morgan fingerprint density at radius 1 is 1.32 bits per heavy atom. The van der Waals surface area contributed by atoms with E-state index >= 15 is 0 Å². The Hall–Kier alpha value is -1.85. The van der Waals surface area contributed by atoms with Gasteiger partial charge in [0.1, 0.15) is 5.82 Å². The van der Waals surface area contributed by atoms with Crippen LogP contribution in [0.2, 0.25) is 0 Å². The Balaban J connectivity index is 2.64. The summed E-state index contributed by atoms with van der Waals surface area (Å²) < 4.78 is 1.52. The van der Waals surface area contributed by atoms with Gasteiger partial charge in [0.2, 0.25) is 0 Å². The quantitative estimate of drug-likeness (QED) is 0.790. The monoisotopic (exact) mass is 266 g/mol. The van der Waals surface area contributed by atoms with Crippen LogP contribution >= 0.6 is 0 Å². The first-order valence-electron chi connectivity index (χ1n) is 6.23. The van der Waals surface area contributed by atoms with E-state index in [9.17, 15) is 9.59 Å². The van der Waals surface area contributed by atoms with Crippen LogP contribution in [0.5, 0.6) is 0 Å². The molecule has 19 heavy (non-hydrogen) atoms. The molecule has 0 fully saturated rings. The van der Waals surface area contributed by atoms with Crippen LogP contribution in [-0.2, 0) is 16.6 Å². The predicted octanol–water partition coefficient (Wildman–Crippen LogP) is 1.22. The number of hydrogen-bond acceptors (Lipinski definition) is 3. The largest absolute Gasteiger partial charge is 0.345 e. The maximum Gasteiger partial charge on any atom is 0.314 e. The molecule has 2 amide bonds. The number of nitrogens with zero attached hydrogens (tertiary/aromatic N) is 2. The number of aromatic nitrogens is 2. The summed E-state index contributed by atoms with van der Waals surface area (Å²) in [6.07, 6.45) is 0. The van der Waals surface area contributed by atoms with Crippen molar-refractivity contribution in [2.45, 2.75) is 40.7 Å². The molecule has 6 heteroatoms. The summed E-state index contributed by atoms with van der Waals surface area (Å²) in [6.45, 7) is 9.69. The third-order valence-electron chi connectivity index (χ3n) is 3.10. The molecule has 0 aliphatic heterocycles. The van der Waals surface area contributed by atoms with Gasteiger partial charge in [0.15, 0.2) is 0 Å². The van der Waals surface area contributed by atoms with Crippen LogP contribution in [0.4, 0.5) is 5.82 Å². The lowest BCUT2D eigenvalue weighted by Gasteiger charge is -2.27. The minimum absolute atomic E-state index is 0.0981. The van der Waals surface area contributed by atoms with Crippen LogP contribution in [0, 0.1) is 12.3 Å². The maximum absolute atomic E-state index is 11.8. The average Bonchev–Trinajstić information content (AvgIpc) is 2.55. The van der Waals surface area contributed by atoms with E-state index in [4.69, 9.17) is 0 Å². The van der Waals surface area contributed by atoms with Gasteiger partial charge in [-0.3, -0.25) is 14.3 Å². The van der Waals surface area contributed by atoms with E-state index in [0.29, 0.717) is 5.82 Å². The molecule has 0 aliphatic rings. The molecule has 0 bridgehead atoms. The van der Waals surface area contributed by atoms with Crippen LogP contribution in [-0.4, -0.2) is 27.6 Å². The molecule has 1 heterocycles. The highest BCUT2D eigenvalue weighted by Crippen LogP contribution is 2.18. The van der Waals surface area contributed by atoms with Gasteiger partial charge in [-0.1, -0.05) is 20.8 Å². The summed E-state index contributed by atoms with van der Waals surface area (Å²) in [7, 11) is 1.71. The van der Waals surface area contributed by atoms with Gasteiger partial charge >= 0.3 is 11.8 Å². The zero-order chi connectivity index (χ0) is 14.8. The van der Waals surface area contributed by atoms with E-state index in [0.717, 1.165) is 5.69 Å². The van der Waals surface area contributed by atoms with Gasteiger partial charge in [0, 0.05) is 19.2 Å². The van der Waals surface area contributed by atoms with E-state index in [1.54, 1.807) is 13.1 Å². The van der Waals surface area contributed by atoms with Crippen molar-refractivity contribution in [1.82, 2.24) is 15.1 Å². The molecule has 0 saturated carbocycles. The Labute approximate surface area is 113 Å². The first kappa shape index (κ1) is 15.2. The maximum atomic E-state index is 11.8. The van der Waals surface area contributed by atoms with Gasteiger partial charge in [-0.15, -0.1) is 0 Å². The third-order valence-corrected chi connectivity index (χ3v) is 3.10. The molecule has 1 aromatic rings. The summed E-state index contributed by atoms with van der Waals surface area (Å²) in [4.78, 5) is 23.5. The van der Waals surface area contributed by atoms with Gasteiger partial charge in [0.25, 0.3) is 0 Å². The second kappa shape index (κ2) is 5.42. The molecule has 0 aromatic carbocycles. The highest BCUT2D eigenvalue weighted by Gasteiger charge is 2.25. The Morgan fingerprint density at radius 2 is 1.89 bits per heavy atom. The number of hydrogen-bond donors (Lipinski definition) is 2. The number of amides is 2. The first-order chi connectivity index (χ1) is 8.61. The number of anilines is 1. The molecule has 6 nitrogen and oxygen atoms in total. The van der Waals surface area contributed by atoms with Crippen LogP contribution in [0.3, 0.4) is 0 Å². The van der Waals surface area contributed by atoms with Crippen molar-refractivity contribution in [2.75, 3.05) is 5.32 Å². The van der Waals surface area contributed by atoms with Crippen molar-refractivity contribution in [2.24, 2.45) is 12.5 Å². The van der Waals surface area contributed by atoms with Crippen molar-refractivity contribution < 1.29 is 9.59 Å². The molecule has 0 aliphatic carbocycles. The molecule has 1 atom stereocenters. The highest BCUT2D eigenvalue weighted by atomic mass is 16.2. The summed E-state index contributed by atoms with van der Waals surface area (Å²) in [5, 5.41) is 9.32. The fourth-order valence-corrected chi connectivity index (χ4v) is 1.38. The standard InChI is InChI=1S/C13H22N4O2/c1-8-7-10(17(6)16-8)15-12(19)11(18)14-9(2)13(3,4)5/h7,9H,1-6H3,(H,14,18)(H,15,19)/t9-/m1/s1. The fraction of sp³-hybridized carbons (Fsp3) is 0.615. The summed E-state index contributed by atoms with van der Waals surface area (Å²) in [6, 6.07) is 1.61. The second-order valence-electron chi connectivity index (χ2n) is 5.81. The van der Waals surface area contributed by atoms with Crippen molar-refractivity contribution >= 4 is 17.6 Å². The zero-order valence-electron chi connectivity index (χ0n) is 12.4. The molecule has 2 N–H and O–H groups in total. The molecule has 0 unspecified atom stereocenters. The molecule has 106 valence electrons. The van der Waals surface area contributed by atoms with Crippen molar-refractivity contribution in [3.8, 4) is 0 Å². The second-order valence-corrected chi connectivity index (χ2v) is 5.81. The van der Waals surface area contributed by atoms with Gasteiger partial charge in [0.05, 0.1) is 5.69 Å². The molecular weight excluding hydrogens is 244 g/mol. The van der Waals surface area contributed by atoms with E-state index in [-0.39, 0.29) is 11.5 Å². The van der Waals surface area contributed by atoms with Gasteiger partial charge < -0.3 is 10.6 Å². The summed E-state index contributed by atoms with van der Waals surface area (Å²) >= 11 is 0. The lowest BCUT2D eigenvalue weighted by Crippen LogP contribution is -2.46. The van der Waals surface area contributed by atoms with Crippen molar-refractivity contribution in [1.29, 1.82) is 0 Å². The lowest BCUT2D eigenvalue weighted by molar-refractivity contribution is -0.137. The number of carbonyl (C=O) groups is 2. The Morgan fingerprint density at radius 3 is 2.32 bits per heavy atom. The van der Waals surface area contributed by atoms with Crippen LogP contribution < -0.4 is 10.6 Å².